The Bertz CT molecular complexity index is 204. The first kappa shape index (κ1) is 11.4. The number of rotatable bonds is 5. The molecule has 0 aromatic carbocycles. The molecule has 1 amide bonds. The second-order valence-corrected chi connectivity index (χ2v) is 4.16. The molecular formula is C10H19FN2O. The smallest absolute Gasteiger partial charge is 0.222 e. The lowest BCUT2D eigenvalue weighted by atomic mass is 9.99. The lowest BCUT2D eigenvalue weighted by Gasteiger charge is -2.35. The number of carbonyl (C=O) groups is 1. The van der Waals surface area contributed by atoms with Crippen LogP contribution in [0.15, 0.2) is 0 Å². The average Bonchev–Trinajstić information content (AvgIpc) is 2.11. The molecule has 0 aromatic heterocycles. The minimum absolute atomic E-state index is 0.00312. The maximum atomic E-state index is 13.4. The quantitative estimate of drug-likeness (QED) is 0.694. The van der Waals surface area contributed by atoms with E-state index in [9.17, 15) is 9.18 Å². The Labute approximate surface area is 84.4 Å². The van der Waals surface area contributed by atoms with Gasteiger partial charge in [0.1, 0.15) is 0 Å². The summed E-state index contributed by atoms with van der Waals surface area (Å²) in [6.07, 6.45) is 1.85. The molecule has 82 valence electrons. The van der Waals surface area contributed by atoms with Gasteiger partial charge < -0.3 is 10.6 Å². The molecule has 0 aliphatic carbocycles. The van der Waals surface area contributed by atoms with Crippen LogP contribution in [0.4, 0.5) is 4.39 Å². The molecule has 1 saturated heterocycles. The Morgan fingerprint density at radius 3 is 2.71 bits per heavy atom. The van der Waals surface area contributed by atoms with Gasteiger partial charge >= 0.3 is 0 Å². The Morgan fingerprint density at radius 1 is 1.64 bits per heavy atom. The van der Waals surface area contributed by atoms with Crippen LogP contribution in [0, 0.1) is 5.92 Å². The molecule has 1 aliphatic rings. The monoisotopic (exact) mass is 202 g/mol. The molecule has 0 saturated carbocycles. The zero-order valence-electron chi connectivity index (χ0n) is 8.90. The van der Waals surface area contributed by atoms with Crippen LogP contribution in [0.25, 0.3) is 0 Å². The van der Waals surface area contributed by atoms with Crippen LogP contribution in [0.3, 0.4) is 0 Å². The molecule has 1 unspecified atom stereocenters. The van der Waals surface area contributed by atoms with E-state index in [0.717, 1.165) is 12.8 Å². The summed E-state index contributed by atoms with van der Waals surface area (Å²) in [5.74, 6) is -0.0348. The summed E-state index contributed by atoms with van der Waals surface area (Å²) in [7, 11) is 0. The van der Waals surface area contributed by atoms with Crippen molar-refractivity contribution in [2.24, 2.45) is 5.92 Å². The zero-order chi connectivity index (χ0) is 10.6. The SMILES string of the molecule is CCCC(C)C(=O)NCC1(F)CNC1. The van der Waals surface area contributed by atoms with Gasteiger partial charge in [0.05, 0.1) is 6.54 Å². The van der Waals surface area contributed by atoms with E-state index in [1.54, 1.807) is 0 Å². The van der Waals surface area contributed by atoms with E-state index >= 15 is 0 Å². The van der Waals surface area contributed by atoms with E-state index in [1.165, 1.54) is 0 Å². The highest BCUT2D eigenvalue weighted by atomic mass is 19.1. The molecule has 3 nitrogen and oxygen atoms in total. The third-order valence-corrected chi connectivity index (χ3v) is 2.63. The molecule has 1 aliphatic heterocycles. The van der Waals surface area contributed by atoms with E-state index < -0.39 is 5.67 Å². The second-order valence-electron chi connectivity index (χ2n) is 4.16. The molecule has 0 spiro atoms. The number of hydrogen-bond acceptors (Lipinski definition) is 2. The lowest BCUT2D eigenvalue weighted by Crippen LogP contribution is -2.61. The summed E-state index contributed by atoms with van der Waals surface area (Å²) in [6, 6.07) is 0. The van der Waals surface area contributed by atoms with Crippen molar-refractivity contribution in [2.45, 2.75) is 32.4 Å². The summed E-state index contributed by atoms with van der Waals surface area (Å²) in [4.78, 5) is 11.4. The molecule has 2 N–H and O–H groups in total. The first-order valence-corrected chi connectivity index (χ1v) is 5.25. The maximum absolute atomic E-state index is 13.4. The standard InChI is InChI=1S/C10H19FN2O/c1-3-4-8(2)9(14)13-7-10(11)5-12-6-10/h8,12H,3-7H2,1-2H3,(H,13,14). The number of alkyl halides is 1. The van der Waals surface area contributed by atoms with Crippen LogP contribution in [0.1, 0.15) is 26.7 Å². The Balaban J connectivity index is 2.20. The van der Waals surface area contributed by atoms with E-state index in [4.69, 9.17) is 0 Å². The maximum Gasteiger partial charge on any atom is 0.222 e. The van der Waals surface area contributed by atoms with Crippen molar-refractivity contribution in [3.8, 4) is 0 Å². The second kappa shape index (κ2) is 4.73. The topological polar surface area (TPSA) is 41.1 Å². The summed E-state index contributed by atoms with van der Waals surface area (Å²) in [5.41, 5.74) is -1.21. The van der Waals surface area contributed by atoms with Crippen molar-refractivity contribution in [2.75, 3.05) is 19.6 Å². The fourth-order valence-electron chi connectivity index (χ4n) is 1.51. The minimum Gasteiger partial charge on any atom is -0.353 e. The number of amides is 1. The van der Waals surface area contributed by atoms with Crippen molar-refractivity contribution < 1.29 is 9.18 Å². The number of halogens is 1. The van der Waals surface area contributed by atoms with Crippen molar-refractivity contribution in [1.82, 2.24) is 10.6 Å². The number of nitrogens with one attached hydrogen (secondary N) is 2. The van der Waals surface area contributed by atoms with Crippen LogP contribution in [-0.2, 0) is 4.79 Å². The predicted molar refractivity (Wildman–Crippen MR) is 53.8 cm³/mol. The van der Waals surface area contributed by atoms with Crippen molar-refractivity contribution in [3.63, 3.8) is 0 Å². The van der Waals surface area contributed by atoms with Crippen LogP contribution >= 0.6 is 0 Å². The van der Waals surface area contributed by atoms with Crippen LogP contribution in [-0.4, -0.2) is 31.2 Å². The van der Waals surface area contributed by atoms with Crippen molar-refractivity contribution >= 4 is 5.91 Å². The normalized spacial score (nSPS) is 21.1. The predicted octanol–water partition coefficient (Wildman–Crippen LogP) is 0.850. The molecule has 0 radical (unpaired) electrons. The first-order valence-electron chi connectivity index (χ1n) is 5.25. The van der Waals surface area contributed by atoms with Gasteiger partial charge in [-0.3, -0.25) is 4.79 Å². The highest BCUT2D eigenvalue weighted by Gasteiger charge is 2.37. The summed E-state index contributed by atoms with van der Waals surface area (Å²) < 4.78 is 13.4. The van der Waals surface area contributed by atoms with Crippen LogP contribution in [0.2, 0.25) is 0 Å². The van der Waals surface area contributed by atoms with E-state index in [1.807, 2.05) is 13.8 Å². The van der Waals surface area contributed by atoms with Gasteiger partial charge in [-0.15, -0.1) is 0 Å². The fraction of sp³-hybridized carbons (Fsp3) is 0.900. The summed E-state index contributed by atoms with van der Waals surface area (Å²) in [5, 5.41) is 5.51. The molecule has 1 fully saturated rings. The van der Waals surface area contributed by atoms with Gasteiger partial charge in [0, 0.05) is 19.0 Å². The van der Waals surface area contributed by atoms with Gasteiger partial charge in [0.2, 0.25) is 5.91 Å². The van der Waals surface area contributed by atoms with Crippen LogP contribution in [0.5, 0.6) is 0 Å². The third-order valence-electron chi connectivity index (χ3n) is 2.63. The first-order chi connectivity index (χ1) is 6.57. The molecule has 1 rings (SSSR count). The van der Waals surface area contributed by atoms with Crippen molar-refractivity contribution in [3.05, 3.63) is 0 Å². The highest BCUT2D eigenvalue weighted by Crippen LogP contribution is 2.15. The highest BCUT2D eigenvalue weighted by molar-refractivity contribution is 5.78. The van der Waals surface area contributed by atoms with Gasteiger partial charge in [-0.05, 0) is 6.42 Å². The number of hydrogen-bond donors (Lipinski definition) is 2. The van der Waals surface area contributed by atoms with E-state index in [2.05, 4.69) is 10.6 Å². The van der Waals surface area contributed by atoms with Crippen LogP contribution < -0.4 is 10.6 Å². The molecule has 0 aromatic rings. The van der Waals surface area contributed by atoms with E-state index in [-0.39, 0.29) is 18.4 Å². The summed E-state index contributed by atoms with van der Waals surface area (Å²) in [6.45, 7) is 4.77. The molecule has 4 heteroatoms. The fourth-order valence-corrected chi connectivity index (χ4v) is 1.51. The lowest BCUT2D eigenvalue weighted by molar-refractivity contribution is -0.125. The summed E-state index contributed by atoms with van der Waals surface area (Å²) >= 11 is 0. The number of carbonyl (C=O) groups excluding carboxylic acids is 1. The minimum atomic E-state index is -1.21. The molecular weight excluding hydrogens is 183 g/mol. The average molecular weight is 202 g/mol. The molecule has 0 bridgehead atoms. The van der Waals surface area contributed by atoms with E-state index in [0.29, 0.717) is 13.1 Å². The third kappa shape index (κ3) is 2.94. The van der Waals surface area contributed by atoms with Gasteiger partial charge in [-0.2, -0.15) is 0 Å². The van der Waals surface area contributed by atoms with Gasteiger partial charge in [0.25, 0.3) is 0 Å². The Morgan fingerprint density at radius 2 is 2.29 bits per heavy atom. The Kier molecular flexibility index (Phi) is 3.86. The van der Waals surface area contributed by atoms with Gasteiger partial charge in [-0.25, -0.2) is 4.39 Å². The Hall–Kier alpha value is -0.640. The zero-order valence-corrected chi connectivity index (χ0v) is 8.90. The van der Waals surface area contributed by atoms with Crippen molar-refractivity contribution in [1.29, 1.82) is 0 Å². The van der Waals surface area contributed by atoms with Gasteiger partial charge in [0.15, 0.2) is 5.67 Å². The van der Waals surface area contributed by atoms with Gasteiger partial charge in [-0.1, -0.05) is 20.3 Å². The molecule has 14 heavy (non-hydrogen) atoms. The largest absolute Gasteiger partial charge is 0.353 e. The molecule has 1 heterocycles. The molecule has 1 atom stereocenters.